The number of aliphatic hydroxyl groups is 1. The minimum Gasteiger partial charge on any atom is -0.471 e. The fourth-order valence-corrected chi connectivity index (χ4v) is 1.91. The monoisotopic (exact) mass is 305 g/mol. The van der Waals surface area contributed by atoms with Gasteiger partial charge in [0.25, 0.3) is 0 Å². The molecule has 1 aliphatic heterocycles. The number of H-pyrrole nitrogens is 1. The third kappa shape index (κ3) is 3.34. The van der Waals surface area contributed by atoms with Crippen LogP contribution in [0.5, 0.6) is 5.88 Å². The molecule has 2 atom stereocenters. The summed E-state index contributed by atoms with van der Waals surface area (Å²) in [5.74, 6) is 1.92. The van der Waals surface area contributed by atoms with Crippen molar-refractivity contribution >= 4 is 11.6 Å². The van der Waals surface area contributed by atoms with E-state index in [1.165, 1.54) is 6.20 Å². The average Bonchev–Trinajstić information content (AvgIpc) is 2.85. The topological polar surface area (TPSA) is 105 Å². The summed E-state index contributed by atoms with van der Waals surface area (Å²) in [6, 6.07) is 1.93. The summed E-state index contributed by atoms with van der Waals surface area (Å²) >= 11 is 0. The molecule has 118 valence electrons. The molecule has 0 aromatic carbocycles. The van der Waals surface area contributed by atoms with E-state index in [4.69, 9.17) is 9.47 Å². The van der Waals surface area contributed by atoms with Gasteiger partial charge in [-0.3, -0.25) is 10.1 Å². The van der Waals surface area contributed by atoms with Crippen LogP contribution in [0.25, 0.3) is 0 Å². The molecular formula is C14H19N5O3. The Balaban J connectivity index is 1.65. The first-order valence-corrected chi connectivity index (χ1v) is 7.18. The Morgan fingerprint density at radius 2 is 2.18 bits per heavy atom. The predicted octanol–water partition coefficient (Wildman–Crippen LogP) is 1.21. The molecule has 8 heteroatoms. The van der Waals surface area contributed by atoms with Crippen molar-refractivity contribution in [3.8, 4) is 5.88 Å². The number of rotatable bonds is 6. The van der Waals surface area contributed by atoms with Gasteiger partial charge in [-0.25, -0.2) is 0 Å². The molecule has 3 heterocycles. The van der Waals surface area contributed by atoms with Crippen LogP contribution in [-0.4, -0.2) is 50.7 Å². The van der Waals surface area contributed by atoms with Crippen LogP contribution in [-0.2, 0) is 4.74 Å². The Morgan fingerprint density at radius 1 is 1.36 bits per heavy atom. The van der Waals surface area contributed by atoms with E-state index in [0.29, 0.717) is 23.4 Å². The standard InChI is InChI=1S/C14H19N5O3/c1-8(20)9(2)22-14-5-15-4-13(17-14)16-12-3-11(18-19-12)10-6-21-7-10/h3-5,8-10,20H,6-7H2,1-2H3,(H2,16,17,18,19)/t8-,9-/m1/s1. The number of aromatic amines is 1. The zero-order valence-electron chi connectivity index (χ0n) is 12.5. The van der Waals surface area contributed by atoms with Crippen LogP contribution in [0.4, 0.5) is 11.6 Å². The Morgan fingerprint density at radius 3 is 2.86 bits per heavy atom. The number of hydrogen-bond acceptors (Lipinski definition) is 7. The van der Waals surface area contributed by atoms with Crippen molar-refractivity contribution in [1.82, 2.24) is 20.2 Å². The number of ether oxygens (including phenoxy) is 2. The van der Waals surface area contributed by atoms with Crippen LogP contribution in [0.15, 0.2) is 18.5 Å². The molecule has 3 N–H and O–H groups in total. The smallest absolute Gasteiger partial charge is 0.234 e. The van der Waals surface area contributed by atoms with E-state index in [2.05, 4.69) is 25.5 Å². The number of nitrogens with one attached hydrogen (secondary N) is 2. The fraction of sp³-hybridized carbons (Fsp3) is 0.500. The molecule has 0 saturated carbocycles. The molecule has 0 spiro atoms. The second-order valence-electron chi connectivity index (χ2n) is 5.37. The summed E-state index contributed by atoms with van der Waals surface area (Å²) in [5.41, 5.74) is 1.04. The van der Waals surface area contributed by atoms with E-state index in [-0.39, 0.29) is 6.10 Å². The van der Waals surface area contributed by atoms with Crippen molar-refractivity contribution in [3.63, 3.8) is 0 Å². The van der Waals surface area contributed by atoms with Gasteiger partial charge in [0, 0.05) is 17.7 Å². The van der Waals surface area contributed by atoms with Gasteiger partial charge in [0.1, 0.15) is 6.10 Å². The lowest BCUT2D eigenvalue weighted by molar-refractivity contribution is 0.00670. The average molecular weight is 305 g/mol. The van der Waals surface area contributed by atoms with Crippen molar-refractivity contribution in [1.29, 1.82) is 0 Å². The Kier molecular flexibility index (Phi) is 4.21. The van der Waals surface area contributed by atoms with Gasteiger partial charge in [-0.1, -0.05) is 0 Å². The van der Waals surface area contributed by atoms with Gasteiger partial charge in [0.2, 0.25) is 5.88 Å². The fourth-order valence-electron chi connectivity index (χ4n) is 1.91. The van der Waals surface area contributed by atoms with Gasteiger partial charge >= 0.3 is 0 Å². The summed E-state index contributed by atoms with van der Waals surface area (Å²) in [6.07, 6.45) is 2.14. The minimum absolute atomic E-state index is 0.349. The molecule has 22 heavy (non-hydrogen) atoms. The van der Waals surface area contributed by atoms with E-state index in [0.717, 1.165) is 18.9 Å². The summed E-state index contributed by atoms with van der Waals surface area (Å²) in [6.45, 7) is 4.88. The maximum Gasteiger partial charge on any atom is 0.234 e. The third-order valence-electron chi connectivity index (χ3n) is 3.53. The lowest BCUT2D eigenvalue weighted by Crippen LogP contribution is -2.26. The highest BCUT2D eigenvalue weighted by Gasteiger charge is 2.22. The molecule has 2 aromatic rings. The van der Waals surface area contributed by atoms with Gasteiger partial charge in [0.05, 0.1) is 31.7 Å². The maximum absolute atomic E-state index is 9.46. The second-order valence-corrected chi connectivity index (χ2v) is 5.37. The Labute approximate surface area is 127 Å². The molecule has 0 bridgehead atoms. The number of aliphatic hydroxyl groups excluding tert-OH is 1. The van der Waals surface area contributed by atoms with Crippen molar-refractivity contribution in [2.75, 3.05) is 18.5 Å². The molecule has 0 unspecified atom stereocenters. The summed E-state index contributed by atoms with van der Waals surface area (Å²) in [4.78, 5) is 8.37. The molecular weight excluding hydrogens is 286 g/mol. The van der Waals surface area contributed by atoms with Crippen molar-refractivity contribution in [3.05, 3.63) is 24.2 Å². The van der Waals surface area contributed by atoms with Crippen molar-refractivity contribution in [2.24, 2.45) is 0 Å². The summed E-state index contributed by atoms with van der Waals surface area (Å²) in [5, 5.41) is 19.7. The maximum atomic E-state index is 9.46. The molecule has 1 fully saturated rings. The van der Waals surface area contributed by atoms with E-state index >= 15 is 0 Å². The highest BCUT2D eigenvalue weighted by atomic mass is 16.5. The van der Waals surface area contributed by atoms with Crippen molar-refractivity contribution in [2.45, 2.75) is 32.0 Å². The Hall–Kier alpha value is -2.19. The summed E-state index contributed by atoms with van der Waals surface area (Å²) in [7, 11) is 0. The van der Waals surface area contributed by atoms with Gasteiger partial charge in [-0.2, -0.15) is 10.1 Å². The number of hydrogen-bond donors (Lipinski definition) is 3. The predicted molar refractivity (Wildman–Crippen MR) is 79.2 cm³/mol. The lowest BCUT2D eigenvalue weighted by Gasteiger charge is -2.24. The zero-order chi connectivity index (χ0) is 15.5. The minimum atomic E-state index is -0.586. The molecule has 1 saturated heterocycles. The largest absolute Gasteiger partial charge is 0.471 e. The molecule has 0 radical (unpaired) electrons. The zero-order valence-corrected chi connectivity index (χ0v) is 12.5. The quantitative estimate of drug-likeness (QED) is 0.736. The third-order valence-corrected chi connectivity index (χ3v) is 3.53. The molecule has 3 rings (SSSR count). The van der Waals surface area contributed by atoms with Gasteiger partial charge in [-0.05, 0) is 13.8 Å². The molecule has 0 aliphatic carbocycles. The molecule has 2 aromatic heterocycles. The number of nitrogens with zero attached hydrogens (tertiary/aromatic N) is 3. The van der Waals surface area contributed by atoms with Crippen LogP contribution in [0.3, 0.4) is 0 Å². The number of aromatic nitrogens is 4. The highest BCUT2D eigenvalue weighted by molar-refractivity contribution is 5.51. The molecule has 1 aliphatic rings. The van der Waals surface area contributed by atoms with Crippen LogP contribution in [0, 0.1) is 0 Å². The van der Waals surface area contributed by atoms with E-state index in [1.54, 1.807) is 20.0 Å². The normalized spacial score (nSPS) is 17.6. The van der Waals surface area contributed by atoms with Crippen LogP contribution in [0.1, 0.15) is 25.5 Å². The number of anilines is 2. The second kappa shape index (κ2) is 6.29. The van der Waals surface area contributed by atoms with E-state index in [1.807, 2.05) is 6.07 Å². The first-order chi connectivity index (χ1) is 10.6. The Bertz CT molecular complexity index is 626. The lowest BCUT2D eigenvalue weighted by atomic mass is 10.0. The summed E-state index contributed by atoms with van der Waals surface area (Å²) < 4.78 is 10.7. The van der Waals surface area contributed by atoms with E-state index < -0.39 is 6.10 Å². The highest BCUT2D eigenvalue weighted by Crippen LogP contribution is 2.25. The van der Waals surface area contributed by atoms with Crippen LogP contribution in [0.2, 0.25) is 0 Å². The molecule has 0 amide bonds. The van der Waals surface area contributed by atoms with Gasteiger partial charge < -0.3 is 19.9 Å². The first kappa shape index (κ1) is 14.7. The molecule has 8 nitrogen and oxygen atoms in total. The van der Waals surface area contributed by atoms with Gasteiger partial charge in [0.15, 0.2) is 11.6 Å². The van der Waals surface area contributed by atoms with Crippen LogP contribution < -0.4 is 10.1 Å². The van der Waals surface area contributed by atoms with E-state index in [9.17, 15) is 5.11 Å². The SMILES string of the molecule is C[C@@H](O)[C@@H](C)Oc1cncc(Nc2cc(C3COC3)[nH]n2)n1. The van der Waals surface area contributed by atoms with Crippen molar-refractivity contribution < 1.29 is 14.6 Å². The first-order valence-electron chi connectivity index (χ1n) is 7.18. The van der Waals surface area contributed by atoms with Crippen LogP contribution >= 0.6 is 0 Å². The van der Waals surface area contributed by atoms with Gasteiger partial charge in [-0.15, -0.1) is 0 Å².